The maximum atomic E-state index is 13.5. The number of likely N-dealkylation sites (tertiary alicyclic amines) is 1. The molecule has 0 radical (unpaired) electrons. The summed E-state index contributed by atoms with van der Waals surface area (Å²) in [5, 5.41) is 7.28. The molecule has 2 bridgehead atoms. The molecular weight excluding hydrogens is 384 g/mol. The zero-order valence-electron chi connectivity index (χ0n) is 17.3. The van der Waals surface area contributed by atoms with E-state index in [2.05, 4.69) is 20.1 Å². The molecule has 2 fully saturated rings. The van der Waals surface area contributed by atoms with Gasteiger partial charge in [-0.2, -0.15) is 5.10 Å². The summed E-state index contributed by atoms with van der Waals surface area (Å²) in [6.07, 6.45) is 1.73. The largest absolute Gasteiger partial charge is 0.378 e. The second-order valence-electron chi connectivity index (χ2n) is 8.48. The molecule has 2 aromatic heterocycles. The Hall–Kier alpha value is -2.52. The summed E-state index contributed by atoms with van der Waals surface area (Å²) in [6.45, 7) is 6.61. The highest BCUT2D eigenvalue weighted by atomic mass is 16.5. The Kier molecular flexibility index (Phi) is 5.16. The Morgan fingerprint density at radius 2 is 2.10 bits per heavy atom. The number of pyridine rings is 1. The van der Waals surface area contributed by atoms with E-state index in [0.717, 1.165) is 43.3 Å². The minimum absolute atomic E-state index is 0.0473. The molecule has 0 aliphatic carbocycles. The van der Waals surface area contributed by atoms with Crippen molar-refractivity contribution in [2.45, 2.75) is 38.3 Å². The van der Waals surface area contributed by atoms with Gasteiger partial charge in [-0.05, 0) is 12.5 Å². The van der Waals surface area contributed by atoms with Crippen molar-refractivity contribution in [3.8, 4) is 0 Å². The number of ether oxygens (including phenoxy) is 1. The normalized spacial score (nSPS) is 26.4. The number of rotatable bonds is 4. The third-order valence-corrected chi connectivity index (χ3v) is 6.57. The van der Waals surface area contributed by atoms with Gasteiger partial charge in [0.1, 0.15) is 17.7 Å². The topological polar surface area (TPSA) is 96.4 Å². The zero-order chi connectivity index (χ0) is 20.7. The standard InChI is InChI=1S/C21H28N6O3/c1-2-17-22-18(24-23-17)13-25-11-14-10-15(12-25)20(21(29)26-6-8-30-9-7-26)27-16(14)4-3-5-19(27)28/h3-5,14-15,20H,2,6-13H2,1H3,(H,22,23,24)/t14-,15+,20+/m0/s1. The number of nitrogens with zero attached hydrogens (tertiary/aromatic N) is 5. The molecule has 0 saturated carbocycles. The number of aromatic amines is 1. The van der Waals surface area contributed by atoms with Gasteiger partial charge in [-0.3, -0.25) is 24.2 Å². The maximum Gasteiger partial charge on any atom is 0.251 e. The van der Waals surface area contributed by atoms with E-state index in [0.29, 0.717) is 32.8 Å². The fourth-order valence-corrected chi connectivity index (χ4v) is 5.22. The highest BCUT2D eigenvalue weighted by molar-refractivity contribution is 5.81. The zero-order valence-corrected chi connectivity index (χ0v) is 17.3. The third-order valence-electron chi connectivity index (χ3n) is 6.57. The van der Waals surface area contributed by atoms with E-state index < -0.39 is 6.04 Å². The predicted octanol–water partition coefficient (Wildman–Crippen LogP) is 0.548. The summed E-state index contributed by atoms with van der Waals surface area (Å²) < 4.78 is 7.19. The predicted molar refractivity (Wildman–Crippen MR) is 109 cm³/mol. The number of H-pyrrole nitrogens is 1. The van der Waals surface area contributed by atoms with Gasteiger partial charge in [0.2, 0.25) is 5.91 Å². The van der Waals surface area contributed by atoms with E-state index in [4.69, 9.17) is 4.74 Å². The van der Waals surface area contributed by atoms with Crippen molar-refractivity contribution in [2.75, 3.05) is 39.4 Å². The fraction of sp³-hybridized carbons (Fsp3) is 0.619. The Balaban J connectivity index is 1.45. The van der Waals surface area contributed by atoms with Gasteiger partial charge in [0.15, 0.2) is 0 Å². The second-order valence-corrected chi connectivity index (χ2v) is 8.48. The van der Waals surface area contributed by atoms with Gasteiger partial charge in [0, 0.05) is 56.2 Å². The molecule has 160 valence electrons. The Labute approximate surface area is 175 Å². The average Bonchev–Trinajstić information content (AvgIpc) is 3.22. The molecule has 5 heterocycles. The van der Waals surface area contributed by atoms with Crippen LogP contribution in [0.3, 0.4) is 0 Å². The molecule has 2 aromatic rings. The lowest BCUT2D eigenvalue weighted by atomic mass is 9.78. The Morgan fingerprint density at radius 3 is 2.87 bits per heavy atom. The van der Waals surface area contributed by atoms with Crippen molar-refractivity contribution in [2.24, 2.45) is 5.92 Å². The van der Waals surface area contributed by atoms with Gasteiger partial charge in [0.25, 0.3) is 5.56 Å². The smallest absolute Gasteiger partial charge is 0.251 e. The molecular formula is C21H28N6O3. The minimum Gasteiger partial charge on any atom is -0.378 e. The van der Waals surface area contributed by atoms with Gasteiger partial charge in [-0.1, -0.05) is 13.0 Å². The first-order valence-corrected chi connectivity index (χ1v) is 10.8. The van der Waals surface area contributed by atoms with E-state index in [1.807, 2.05) is 24.0 Å². The number of nitrogens with one attached hydrogen (secondary N) is 1. The number of morpholine rings is 1. The number of carbonyl (C=O) groups excluding carboxylic acids is 1. The molecule has 30 heavy (non-hydrogen) atoms. The van der Waals surface area contributed by atoms with Crippen LogP contribution in [-0.2, 0) is 22.5 Å². The molecule has 9 heteroatoms. The highest BCUT2D eigenvalue weighted by Gasteiger charge is 2.45. The average molecular weight is 412 g/mol. The van der Waals surface area contributed by atoms with Gasteiger partial charge in [-0.15, -0.1) is 0 Å². The van der Waals surface area contributed by atoms with Crippen LogP contribution in [0.1, 0.15) is 42.6 Å². The molecule has 0 aromatic carbocycles. The summed E-state index contributed by atoms with van der Waals surface area (Å²) in [5.41, 5.74) is 0.895. The molecule has 3 aliphatic heterocycles. The van der Waals surface area contributed by atoms with E-state index >= 15 is 0 Å². The van der Waals surface area contributed by atoms with Crippen molar-refractivity contribution in [3.63, 3.8) is 0 Å². The monoisotopic (exact) mass is 412 g/mol. The number of hydrogen-bond donors (Lipinski definition) is 1. The van der Waals surface area contributed by atoms with Crippen molar-refractivity contribution in [1.29, 1.82) is 0 Å². The first-order valence-electron chi connectivity index (χ1n) is 10.8. The molecule has 2 saturated heterocycles. The molecule has 0 unspecified atom stereocenters. The summed E-state index contributed by atoms with van der Waals surface area (Å²) in [5.74, 6) is 2.05. The first-order chi connectivity index (χ1) is 14.6. The van der Waals surface area contributed by atoms with Gasteiger partial charge in [0.05, 0.1) is 19.8 Å². The summed E-state index contributed by atoms with van der Waals surface area (Å²) in [7, 11) is 0. The van der Waals surface area contributed by atoms with Crippen molar-refractivity contribution in [1.82, 2.24) is 29.5 Å². The second kappa shape index (κ2) is 7.96. The molecule has 3 atom stereocenters. The number of aryl methyl sites for hydroxylation is 1. The lowest BCUT2D eigenvalue weighted by Gasteiger charge is -2.47. The SMILES string of the molecule is CCc1n[nH]c(CN2C[C@@H]3C[C@H](C2)[C@H](C(=O)N2CCOCC2)n2c3cccc2=O)n1. The van der Waals surface area contributed by atoms with Crippen LogP contribution in [0.4, 0.5) is 0 Å². The van der Waals surface area contributed by atoms with Crippen molar-refractivity contribution >= 4 is 5.91 Å². The number of amides is 1. The third kappa shape index (κ3) is 3.45. The Bertz CT molecular complexity index is 979. The number of fused-ring (bicyclic) bond motifs is 4. The fourth-order valence-electron chi connectivity index (χ4n) is 5.22. The van der Waals surface area contributed by atoms with Crippen molar-refractivity contribution < 1.29 is 9.53 Å². The maximum absolute atomic E-state index is 13.5. The van der Waals surface area contributed by atoms with E-state index in [-0.39, 0.29) is 23.3 Å². The number of piperidine rings is 1. The number of carbonyl (C=O) groups is 1. The summed E-state index contributed by atoms with van der Waals surface area (Å²) >= 11 is 0. The van der Waals surface area contributed by atoms with Crippen LogP contribution in [0.5, 0.6) is 0 Å². The molecule has 0 spiro atoms. The minimum atomic E-state index is -0.452. The van der Waals surface area contributed by atoms with Crippen LogP contribution in [0.25, 0.3) is 0 Å². The summed E-state index contributed by atoms with van der Waals surface area (Å²) in [6, 6.07) is 4.94. The van der Waals surface area contributed by atoms with E-state index in [1.54, 1.807) is 10.6 Å². The molecule has 1 amide bonds. The first kappa shape index (κ1) is 19.4. The molecule has 5 rings (SSSR count). The quantitative estimate of drug-likeness (QED) is 0.788. The van der Waals surface area contributed by atoms with Crippen molar-refractivity contribution in [3.05, 3.63) is 45.9 Å². The van der Waals surface area contributed by atoms with Gasteiger partial charge in [-0.25, -0.2) is 4.98 Å². The van der Waals surface area contributed by atoms with Gasteiger partial charge < -0.3 is 9.64 Å². The van der Waals surface area contributed by atoms with E-state index in [9.17, 15) is 9.59 Å². The lowest BCUT2D eigenvalue weighted by molar-refractivity contribution is -0.142. The number of hydrogen-bond acceptors (Lipinski definition) is 6. The van der Waals surface area contributed by atoms with E-state index in [1.165, 1.54) is 0 Å². The Morgan fingerprint density at radius 1 is 1.27 bits per heavy atom. The lowest BCUT2D eigenvalue weighted by Crippen LogP contribution is -2.55. The molecule has 3 aliphatic rings. The van der Waals surface area contributed by atoms with Crippen LogP contribution in [0.2, 0.25) is 0 Å². The highest BCUT2D eigenvalue weighted by Crippen LogP contribution is 2.42. The van der Waals surface area contributed by atoms with Crippen LogP contribution in [-0.4, -0.2) is 74.8 Å². The van der Waals surface area contributed by atoms with Gasteiger partial charge >= 0.3 is 0 Å². The number of aromatic nitrogens is 4. The molecule has 9 nitrogen and oxygen atoms in total. The van der Waals surface area contributed by atoms with Crippen LogP contribution in [0, 0.1) is 5.92 Å². The van der Waals surface area contributed by atoms with Crippen LogP contribution < -0.4 is 5.56 Å². The van der Waals surface area contributed by atoms with Crippen LogP contribution in [0.15, 0.2) is 23.0 Å². The molecule has 1 N–H and O–H groups in total. The summed E-state index contributed by atoms with van der Waals surface area (Å²) in [4.78, 5) is 35.1. The van der Waals surface area contributed by atoms with Crippen LogP contribution >= 0.6 is 0 Å².